The van der Waals surface area contributed by atoms with Crippen LogP contribution in [0, 0.1) is 20.8 Å². The molecule has 2 aromatic heterocycles. The molecule has 0 saturated heterocycles. The van der Waals surface area contributed by atoms with Crippen molar-refractivity contribution in [3.05, 3.63) is 89.6 Å². The number of anilines is 1. The molecule has 0 aliphatic heterocycles. The van der Waals surface area contributed by atoms with E-state index < -0.39 is 0 Å². The number of nitrogens with one attached hydrogen (secondary N) is 1. The van der Waals surface area contributed by atoms with Crippen LogP contribution in [0.3, 0.4) is 0 Å². The second-order valence-corrected chi connectivity index (χ2v) is 8.29. The lowest BCUT2D eigenvalue weighted by molar-refractivity contribution is -0.116. The van der Waals surface area contributed by atoms with Crippen LogP contribution < -0.4 is 5.32 Å². The lowest BCUT2D eigenvalue weighted by Gasteiger charge is -2.13. The molecule has 0 atom stereocenters. The molecule has 3 aromatic carbocycles. The molecule has 33 heavy (non-hydrogen) atoms. The van der Waals surface area contributed by atoms with Crippen LogP contribution in [0.15, 0.2) is 77.3 Å². The number of amides is 1. The van der Waals surface area contributed by atoms with E-state index in [1.165, 1.54) is 5.56 Å². The predicted molar refractivity (Wildman–Crippen MR) is 130 cm³/mol. The molecule has 6 heteroatoms. The summed E-state index contributed by atoms with van der Waals surface area (Å²) in [5, 5.41) is 12.5. The van der Waals surface area contributed by atoms with Gasteiger partial charge in [-0.15, -0.1) is 10.2 Å². The minimum absolute atomic E-state index is 0.0899. The van der Waals surface area contributed by atoms with Crippen LogP contribution in [0.25, 0.3) is 33.8 Å². The highest BCUT2D eigenvalue weighted by atomic mass is 16.4. The number of hydrogen-bond acceptors (Lipinski definition) is 4. The van der Waals surface area contributed by atoms with Gasteiger partial charge in [0.15, 0.2) is 0 Å². The van der Waals surface area contributed by atoms with E-state index in [2.05, 4.69) is 34.6 Å². The van der Waals surface area contributed by atoms with Crippen LogP contribution in [0.5, 0.6) is 0 Å². The Hall–Kier alpha value is -4.19. The van der Waals surface area contributed by atoms with Crippen molar-refractivity contribution in [2.75, 3.05) is 5.32 Å². The first-order valence-electron chi connectivity index (χ1n) is 10.8. The largest absolute Gasteiger partial charge is 0.416 e. The third-order valence-electron chi connectivity index (χ3n) is 5.72. The first kappa shape index (κ1) is 20.7. The second kappa shape index (κ2) is 8.39. The van der Waals surface area contributed by atoms with E-state index in [4.69, 9.17) is 4.42 Å². The third-order valence-corrected chi connectivity index (χ3v) is 5.72. The van der Waals surface area contributed by atoms with Crippen molar-refractivity contribution in [1.29, 1.82) is 0 Å². The van der Waals surface area contributed by atoms with Crippen molar-refractivity contribution in [2.45, 2.75) is 27.3 Å². The van der Waals surface area contributed by atoms with Crippen LogP contribution in [0.1, 0.15) is 16.7 Å². The summed E-state index contributed by atoms with van der Waals surface area (Å²) in [5.74, 6) is 0.799. The van der Waals surface area contributed by atoms with Crippen molar-refractivity contribution in [1.82, 2.24) is 14.8 Å². The zero-order chi connectivity index (χ0) is 22.9. The molecule has 0 radical (unpaired) electrons. The zero-order valence-electron chi connectivity index (χ0n) is 18.8. The lowest BCUT2D eigenvalue weighted by atomic mass is 10.1. The van der Waals surface area contributed by atoms with E-state index >= 15 is 0 Å². The van der Waals surface area contributed by atoms with Gasteiger partial charge in [-0.25, -0.2) is 0 Å². The molecule has 0 aliphatic rings. The molecule has 164 valence electrons. The van der Waals surface area contributed by atoms with Crippen LogP contribution in [0.2, 0.25) is 0 Å². The van der Waals surface area contributed by atoms with E-state index in [9.17, 15) is 4.79 Å². The highest BCUT2D eigenvalue weighted by molar-refractivity contribution is 5.97. The number of nitrogens with zero attached hydrogens (tertiary/aromatic N) is 3. The fraction of sp³-hybridized carbons (Fsp3) is 0.148. The molecule has 0 aliphatic carbocycles. The summed E-state index contributed by atoms with van der Waals surface area (Å²) < 4.78 is 7.91. The van der Waals surface area contributed by atoms with E-state index in [1.807, 2.05) is 79.2 Å². The Morgan fingerprint density at radius 1 is 0.909 bits per heavy atom. The number of fused-ring (bicyclic) bond motifs is 1. The summed E-state index contributed by atoms with van der Waals surface area (Å²) >= 11 is 0. The van der Waals surface area contributed by atoms with Gasteiger partial charge in [0.2, 0.25) is 17.7 Å². The van der Waals surface area contributed by atoms with Gasteiger partial charge >= 0.3 is 0 Å². The number of rotatable bonds is 5. The van der Waals surface area contributed by atoms with E-state index in [1.54, 1.807) is 0 Å². The number of benzene rings is 3. The molecule has 6 nitrogen and oxygen atoms in total. The summed E-state index contributed by atoms with van der Waals surface area (Å²) in [6, 6.07) is 21.7. The zero-order valence-corrected chi connectivity index (χ0v) is 18.8. The Balaban J connectivity index is 1.46. The van der Waals surface area contributed by atoms with Gasteiger partial charge in [-0.2, -0.15) is 0 Å². The highest BCUT2D eigenvalue weighted by Crippen LogP contribution is 2.32. The normalized spacial score (nSPS) is 11.1. The van der Waals surface area contributed by atoms with E-state index in [-0.39, 0.29) is 12.5 Å². The second-order valence-electron chi connectivity index (χ2n) is 8.29. The van der Waals surface area contributed by atoms with Crippen molar-refractivity contribution in [2.24, 2.45) is 0 Å². The fourth-order valence-corrected chi connectivity index (χ4v) is 4.29. The Morgan fingerprint density at radius 3 is 2.33 bits per heavy atom. The minimum atomic E-state index is -0.0899. The van der Waals surface area contributed by atoms with Gasteiger partial charge < -0.3 is 14.3 Å². The van der Waals surface area contributed by atoms with Gasteiger partial charge in [0.25, 0.3) is 0 Å². The van der Waals surface area contributed by atoms with Gasteiger partial charge in [-0.05, 0) is 50.1 Å². The van der Waals surface area contributed by atoms with Crippen LogP contribution in [-0.2, 0) is 11.3 Å². The average Bonchev–Trinajstić information content (AvgIpc) is 3.42. The quantitative estimate of drug-likeness (QED) is 0.371. The first-order valence-corrected chi connectivity index (χ1v) is 10.8. The van der Waals surface area contributed by atoms with Gasteiger partial charge in [-0.3, -0.25) is 4.79 Å². The SMILES string of the molecule is Cc1cc(C)c(NC(=O)Cn2cc(-c3nnc(-c4ccccc4)o3)c3ccccc32)c(C)c1. The standard InChI is InChI=1S/C27H24N4O2/c1-17-13-18(2)25(19(3)14-17)28-24(32)16-31-15-22(21-11-7-8-12-23(21)31)27-30-29-26(33-27)20-9-5-4-6-10-20/h4-15H,16H2,1-3H3,(H,28,32). The monoisotopic (exact) mass is 436 g/mol. The summed E-state index contributed by atoms with van der Waals surface area (Å²) in [6.07, 6.45) is 1.90. The third kappa shape index (κ3) is 4.03. The summed E-state index contributed by atoms with van der Waals surface area (Å²) in [6.45, 7) is 6.25. The number of aryl methyl sites for hydroxylation is 3. The number of carbonyl (C=O) groups is 1. The van der Waals surface area contributed by atoms with Gasteiger partial charge in [-0.1, -0.05) is 54.1 Å². The molecule has 0 unspecified atom stereocenters. The first-order chi connectivity index (χ1) is 16.0. The molecule has 0 saturated carbocycles. The Kier molecular flexibility index (Phi) is 5.26. The van der Waals surface area contributed by atoms with Crippen molar-refractivity contribution < 1.29 is 9.21 Å². The Bertz CT molecular complexity index is 1440. The molecular formula is C27H24N4O2. The van der Waals surface area contributed by atoms with Crippen LogP contribution in [-0.4, -0.2) is 20.7 Å². The maximum absolute atomic E-state index is 13.0. The molecule has 5 rings (SSSR count). The minimum Gasteiger partial charge on any atom is -0.416 e. The Morgan fingerprint density at radius 2 is 1.58 bits per heavy atom. The summed E-state index contributed by atoms with van der Waals surface area (Å²) in [4.78, 5) is 13.0. The molecule has 0 fully saturated rings. The number of hydrogen-bond donors (Lipinski definition) is 1. The van der Waals surface area contributed by atoms with E-state index in [0.29, 0.717) is 11.8 Å². The van der Waals surface area contributed by atoms with Crippen molar-refractivity contribution in [3.63, 3.8) is 0 Å². The van der Waals surface area contributed by atoms with Gasteiger partial charge in [0.1, 0.15) is 6.54 Å². The summed E-state index contributed by atoms with van der Waals surface area (Å²) in [7, 11) is 0. The smallest absolute Gasteiger partial charge is 0.250 e. The maximum Gasteiger partial charge on any atom is 0.250 e. The topological polar surface area (TPSA) is 73.0 Å². The number of aromatic nitrogens is 3. The van der Waals surface area contributed by atoms with E-state index in [0.717, 1.165) is 38.8 Å². The number of para-hydroxylation sites is 1. The average molecular weight is 437 g/mol. The van der Waals surface area contributed by atoms with Gasteiger partial charge in [0, 0.05) is 28.4 Å². The summed E-state index contributed by atoms with van der Waals surface area (Å²) in [5.41, 5.74) is 6.75. The van der Waals surface area contributed by atoms with Crippen LogP contribution >= 0.6 is 0 Å². The highest BCUT2D eigenvalue weighted by Gasteiger charge is 2.18. The van der Waals surface area contributed by atoms with Crippen molar-refractivity contribution >= 4 is 22.5 Å². The fourth-order valence-electron chi connectivity index (χ4n) is 4.29. The van der Waals surface area contributed by atoms with Crippen LogP contribution in [0.4, 0.5) is 5.69 Å². The molecular weight excluding hydrogens is 412 g/mol. The molecule has 1 N–H and O–H groups in total. The molecule has 2 heterocycles. The van der Waals surface area contributed by atoms with Gasteiger partial charge in [0.05, 0.1) is 5.56 Å². The molecule has 0 bridgehead atoms. The maximum atomic E-state index is 13.0. The molecule has 1 amide bonds. The molecule has 0 spiro atoms. The lowest BCUT2D eigenvalue weighted by Crippen LogP contribution is -2.19. The van der Waals surface area contributed by atoms with Crippen molar-refractivity contribution in [3.8, 4) is 22.9 Å². The number of carbonyl (C=O) groups excluding carboxylic acids is 1. The molecule has 5 aromatic rings. The predicted octanol–water partition coefficient (Wildman–Crippen LogP) is 5.92. The Labute approximate surface area is 191 Å².